The van der Waals surface area contributed by atoms with Gasteiger partial charge in [0.1, 0.15) is 17.3 Å². The molecular weight excluding hydrogens is 458 g/mol. The molecule has 1 N–H and O–H groups in total. The number of hydrogen-bond donors (Lipinski definition) is 1. The first-order valence-corrected chi connectivity index (χ1v) is 13.3. The van der Waals surface area contributed by atoms with Crippen LogP contribution in [0, 0.1) is 42.9 Å². The molecule has 1 saturated carbocycles. The third-order valence-electron chi connectivity index (χ3n) is 8.64. The number of rotatable bonds is 5. The normalized spacial score (nSPS) is 22.8. The van der Waals surface area contributed by atoms with Gasteiger partial charge in [-0.2, -0.15) is 5.26 Å². The molecule has 1 aliphatic heterocycles. The van der Waals surface area contributed by atoms with E-state index < -0.39 is 0 Å². The van der Waals surface area contributed by atoms with E-state index in [1.165, 1.54) is 12.8 Å². The topological polar surface area (TPSA) is 70.9 Å². The number of methoxy groups -OCH3 is 1. The molecule has 3 heterocycles. The summed E-state index contributed by atoms with van der Waals surface area (Å²) in [6.07, 6.45) is 3.70. The summed E-state index contributed by atoms with van der Waals surface area (Å²) in [6.45, 7) is 7.26. The summed E-state index contributed by atoms with van der Waals surface area (Å²) in [4.78, 5) is 8.58. The predicted molar refractivity (Wildman–Crippen MR) is 147 cm³/mol. The number of aromatic amines is 1. The summed E-state index contributed by atoms with van der Waals surface area (Å²) in [5.41, 5.74) is 9.84. The number of ether oxygens (including phenoxy) is 2. The molecule has 2 aromatic carbocycles. The van der Waals surface area contributed by atoms with Crippen molar-refractivity contribution in [1.29, 1.82) is 5.26 Å². The minimum absolute atomic E-state index is 0.385. The van der Waals surface area contributed by atoms with Crippen LogP contribution in [-0.2, 0) is 11.2 Å². The van der Waals surface area contributed by atoms with E-state index in [0.717, 1.165) is 69.0 Å². The number of benzene rings is 2. The molecule has 2 aliphatic rings. The fraction of sp³-hybridized carbons (Fsp3) is 0.375. The van der Waals surface area contributed by atoms with Crippen molar-refractivity contribution in [2.45, 2.75) is 46.1 Å². The van der Waals surface area contributed by atoms with Gasteiger partial charge in [0.05, 0.1) is 36.6 Å². The lowest BCUT2D eigenvalue weighted by molar-refractivity contribution is 0.0705. The summed E-state index contributed by atoms with van der Waals surface area (Å²) >= 11 is 0. The van der Waals surface area contributed by atoms with Gasteiger partial charge in [-0.1, -0.05) is 43.3 Å². The molecule has 2 aromatic heterocycles. The number of pyridine rings is 1. The van der Waals surface area contributed by atoms with Crippen molar-refractivity contribution in [3.63, 3.8) is 0 Å². The molecule has 188 valence electrons. The smallest absolute Gasteiger partial charge is 0.122 e. The van der Waals surface area contributed by atoms with Gasteiger partial charge in [-0.15, -0.1) is 0 Å². The zero-order chi connectivity index (χ0) is 25.7. The van der Waals surface area contributed by atoms with Crippen LogP contribution in [-0.4, -0.2) is 29.8 Å². The molecule has 2 fully saturated rings. The van der Waals surface area contributed by atoms with Crippen molar-refractivity contribution in [2.75, 3.05) is 13.7 Å². The van der Waals surface area contributed by atoms with Gasteiger partial charge in [-0.25, -0.2) is 4.98 Å². The Bertz CT molecular complexity index is 1510. The maximum Gasteiger partial charge on any atom is 0.122 e. The number of aromatic nitrogens is 2. The highest BCUT2D eigenvalue weighted by Crippen LogP contribution is 2.44. The summed E-state index contributed by atoms with van der Waals surface area (Å²) < 4.78 is 11.7. The van der Waals surface area contributed by atoms with Gasteiger partial charge < -0.3 is 14.5 Å². The number of nitriles is 1. The molecule has 0 bridgehead atoms. The standard InChI is InChI=1S/C32H33N3O2/c1-18-8-13-25-23(17-37-32(18)25)15-27-26(16-33)31-28(34-27)14-19(2)30(35-31)22-11-9-21(10-12-22)24-6-5-7-29(36-4)20(24)3/h5-7,9-12,14,18,23,25,32,34H,8,13,15,17H2,1-4H3. The fourth-order valence-corrected chi connectivity index (χ4v) is 6.62. The second-order valence-corrected chi connectivity index (χ2v) is 10.8. The molecular formula is C32H33N3O2. The Hall–Kier alpha value is -3.62. The number of hydrogen-bond acceptors (Lipinski definition) is 4. The highest BCUT2D eigenvalue weighted by Gasteiger charge is 2.44. The monoisotopic (exact) mass is 491 g/mol. The van der Waals surface area contributed by atoms with Crippen LogP contribution >= 0.6 is 0 Å². The lowest BCUT2D eigenvalue weighted by Crippen LogP contribution is -2.19. The second kappa shape index (κ2) is 9.36. The Balaban J connectivity index is 1.33. The van der Waals surface area contributed by atoms with Gasteiger partial charge in [0, 0.05) is 11.3 Å². The van der Waals surface area contributed by atoms with Gasteiger partial charge in [-0.3, -0.25) is 0 Å². The SMILES string of the molecule is COc1cccc(-c2ccc(-c3nc4c(C#N)c(CC5COC6C(C)CCC56)[nH]c4cc3C)cc2)c1C. The zero-order valence-electron chi connectivity index (χ0n) is 22.0. The second-order valence-electron chi connectivity index (χ2n) is 10.8. The average molecular weight is 492 g/mol. The van der Waals surface area contributed by atoms with E-state index in [4.69, 9.17) is 14.5 Å². The van der Waals surface area contributed by atoms with Crippen molar-refractivity contribution in [3.05, 3.63) is 70.9 Å². The van der Waals surface area contributed by atoms with Crippen molar-refractivity contribution < 1.29 is 9.47 Å². The van der Waals surface area contributed by atoms with Crippen molar-refractivity contribution in [1.82, 2.24) is 9.97 Å². The first-order valence-electron chi connectivity index (χ1n) is 13.3. The summed E-state index contributed by atoms with van der Waals surface area (Å²) in [6, 6.07) is 19.2. The van der Waals surface area contributed by atoms with Gasteiger partial charge in [-0.05, 0) is 85.3 Å². The lowest BCUT2D eigenvalue weighted by Gasteiger charge is -2.16. The molecule has 6 rings (SSSR count). The van der Waals surface area contributed by atoms with Crippen molar-refractivity contribution >= 4 is 11.0 Å². The van der Waals surface area contributed by atoms with Gasteiger partial charge in [0.15, 0.2) is 0 Å². The molecule has 4 unspecified atom stereocenters. The lowest BCUT2D eigenvalue weighted by atomic mass is 9.87. The Morgan fingerprint density at radius 2 is 1.89 bits per heavy atom. The number of nitrogens with one attached hydrogen (secondary N) is 1. The molecule has 1 aliphatic carbocycles. The number of H-pyrrole nitrogens is 1. The molecule has 0 spiro atoms. The van der Waals surface area contributed by atoms with Gasteiger partial charge >= 0.3 is 0 Å². The number of nitrogens with zero attached hydrogens (tertiary/aromatic N) is 2. The van der Waals surface area contributed by atoms with Crippen LogP contribution < -0.4 is 4.74 Å². The van der Waals surface area contributed by atoms with Crippen LogP contribution in [0.15, 0.2) is 48.5 Å². The molecule has 5 heteroatoms. The van der Waals surface area contributed by atoms with E-state index in [-0.39, 0.29) is 0 Å². The van der Waals surface area contributed by atoms with E-state index in [1.807, 2.05) is 12.1 Å². The first kappa shape index (κ1) is 23.8. The quantitative estimate of drug-likeness (QED) is 0.326. The number of fused-ring (bicyclic) bond motifs is 2. The van der Waals surface area contributed by atoms with Crippen molar-refractivity contribution in [3.8, 4) is 34.2 Å². The largest absolute Gasteiger partial charge is 0.496 e. The Morgan fingerprint density at radius 3 is 2.65 bits per heavy atom. The minimum atomic E-state index is 0.385. The van der Waals surface area contributed by atoms with E-state index in [2.05, 4.69) is 68.2 Å². The summed E-state index contributed by atoms with van der Waals surface area (Å²) in [5, 5.41) is 10.1. The highest BCUT2D eigenvalue weighted by atomic mass is 16.5. The maximum atomic E-state index is 10.1. The van der Waals surface area contributed by atoms with Crippen LogP contribution in [0.5, 0.6) is 5.75 Å². The molecule has 1 saturated heterocycles. The maximum absolute atomic E-state index is 10.1. The van der Waals surface area contributed by atoms with E-state index in [0.29, 0.717) is 29.4 Å². The fourth-order valence-electron chi connectivity index (χ4n) is 6.62. The molecule has 0 amide bonds. The molecule has 0 radical (unpaired) electrons. The van der Waals surface area contributed by atoms with E-state index in [1.54, 1.807) is 7.11 Å². The first-order chi connectivity index (χ1) is 18.0. The van der Waals surface area contributed by atoms with Crippen LogP contribution in [0.3, 0.4) is 0 Å². The van der Waals surface area contributed by atoms with Crippen LogP contribution in [0.1, 0.15) is 42.1 Å². The Labute approximate surface area is 218 Å². The Morgan fingerprint density at radius 1 is 1.11 bits per heavy atom. The molecule has 4 aromatic rings. The van der Waals surface area contributed by atoms with Gasteiger partial charge in [0.2, 0.25) is 0 Å². The van der Waals surface area contributed by atoms with E-state index >= 15 is 0 Å². The molecule has 5 nitrogen and oxygen atoms in total. The van der Waals surface area contributed by atoms with Crippen molar-refractivity contribution in [2.24, 2.45) is 17.8 Å². The average Bonchev–Trinajstić information content (AvgIpc) is 3.58. The minimum Gasteiger partial charge on any atom is -0.496 e. The van der Waals surface area contributed by atoms with E-state index in [9.17, 15) is 5.26 Å². The van der Waals surface area contributed by atoms with Gasteiger partial charge in [0.25, 0.3) is 0 Å². The third-order valence-corrected chi connectivity index (χ3v) is 8.64. The third kappa shape index (κ3) is 4.01. The van der Waals surface area contributed by atoms with Crippen LogP contribution in [0.2, 0.25) is 0 Å². The highest BCUT2D eigenvalue weighted by molar-refractivity contribution is 5.87. The predicted octanol–water partition coefficient (Wildman–Crippen LogP) is 7.00. The zero-order valence-corrected chi connectivity index (χ0v) is 22.0. The van der Waals surface area contributed by atoms with Crippen LogP contribution in [0.4, 0.5) is 0 Å². The summed E-state index contributed by atoms with van der Waals surface area (Å²) in [7, 11) is 1.70. The summed E-state index contributed by atoms with van der Waals surface area (Å²) in [5.74, 6) is 2.59. The van der Waals surface area contributed by atoms with Crippen LogP contribution in [0.25, 0.3) is 33.4 Å². The number of aryl methyl sites for hydroxylation is 1. The molecule has 4 atom stereocenters. The Kier molecular flexibility index (Phi) is 6.01. The molecule has 37 heavy (non-hydrogen) atoms.